The van der Waals surface area contributed by atoms with Crippen molar-refractivity contribution in [1.29, 1.82) is 0 Å². The van der Waals surface area contributed by atoms with Crippen LogP contribution in [0.15, 0.2) is 66.7 Å². The van der Waals surface area contributed by atoms with E-state index in [9.17, 15) is 0 Å². The Morgan fingerprint density at radius 2 is 1.62 bits per heavy atom. The summed E-state index contributed by atoms with van der Waals surface area (Å²) in [6, 6.07) is 24.3. The molecule has 2 heteroatoms. The topological polar surface area (TPSA) is 18.5 Å². The third-order valence-electron chi connectivity index (χ3n) is 6.42. The molecule has 29 heavy (non-hydrogen) atoms. The van der Waals surface area contributed by atoms with Gasteiger partial charge in [-0.3, -0.25) is 0 Å². The molecule has 0 amide bonds. The second-order valence-electron chi connectivity index (χ2n) is 8.00. The fourth-order valence-corrected chi connectivity index (χ4v) is 5.01. The van der Waals surface area contributed by atoms with Crippen molar-refractivity contribution >= 4 is 21.5 Å². The van der Waals surface area contributed by atoms with Gasteiger partial charge < -0.3 is 9.47 Å². The molecule has 4 aromatic rings. The lowest BCUT2D eigenvalue weighted by Crippen LogP contribution is -2.12. The molecule has 2 nitrogen and oxygen atoms in total. The van der Waals surface area contributed by atoms with Gasteiger partial charge in [-0.05, 0) is 82.0 Å². The van der Waals surface area contributed by atoms with Crippen LogP contribution in [0.4, 0.5) is 0 Å². The lowest BCUT2D eigenvalue weighted by atomic mass is 9.77. The molecule has 0 heterocycles. The van der Waals surface area contributed by atoms with Gasteiger partial charge in [-0.25, -0.2) is 0 Å². The minimum Gasteiger partial charge on any atom is -0.493 e. The van der Waals surface area contributed by atoms with Gasteiger partial charge in [0.15, 0.2) is 11.5 Å². The fraction of sp³-hybridized carbons (Fsp3) is 0.259. The summed E-state index contributed by atoms with van der Waals surface area (Å²) in [5.41, 5.74) is 4.37. The van der Waals surface area contributed by atoms with E-state index in [0.29, 0.717) is 5.92 Å². The highest BCUT2D eigenvalue weighted by Gasteiger charge is 2.23. The fourth-order valence-electron chi connectivity index (χ4n) is 5.01. The lowest BCUT2D eigenvalue weighted by molar-refractivity contribution is 0.354. The van der Waals surface area contributed by atoms with Crippen LogP contribution in [-0.4, -0.2) is 14.2 Å². The third-order valence-corrected chi connectivity index (χ3v) is 6.42. The first kappa shape index (κ1) is 18.1. The average Bonchev–Trinajstić information content (AvgIpc) is 2.78. The maximum atomic E-state index is 5.51. The molecule has 5 rings (SSSR count). The molecule has 0 spiro atoms. The van der Waals surface area contributed by atoms with E-state index in [1.807, 2.05) is 6.07 Å². The van der Waals surface area contributed by atoms with Crippen LogP contribution in [0.3, 0.4) is 0 Å². The Labute approximate surface area is 172 Å². The van der Waals surface area contributed by atoms with Crippen molar-refractivity contribution < 1.29 is 9.47 Å². The number of hydrogen-bond donors (Lipinski definition) is 0. The van der Waals surface area contributed by atoms with Gasteiger partial charge >= 0.3 is 0 Å². The Hall–Kier alpha value is -3.00. The molecule has 1 aliphatic carbocycles. The second kappa shape index (κ2) is 7.44. The normalized spacial score (nSPS) is 16.0. The van der Waals surface area contributed by atoms with Crippen LogP contribution in [0.5, 0.6) is 11.5 Å². The highest BCUT2D eigenvalue weighted by atomic mass is 16.5. The summed E-state index contributed by atoms with van der Waals surface area (Å²) in [5.74, 6) is 2.15. The summed E-state index contributed by atoms with van der Waals surface area (Å²) < 4.78 is 10.9. The summed E-state index contributed by atoms with van der Waals surface area (Å²) >= 11 is 0. The van der Waals surface area contributed by atoms with Crippen molar-refractivity contribution in [3.05, 3.63) is 83.4 Å². The van der Waals surface area contributed by atoms with Crippen LogP contribution < -0.4 is 9.47 Å². The highest BCUT2D eigenvalue weighted by Crippen LogP contribution is 2.40. The quantitative estimate of drug-likeness (QED) is 0.367. The van der Waals surface area contributed by atoms with Crippen LogP contribution in [0, 0.1) is 0 Å². The number of ether oxygens (including phenoxy) is 2. The lowest BCUT2D eigenvalue weighted by Gasteiger charge is -2.27. The predicted molar refractivity (Wildman–Crippen MR) is 120 cm³/mol. The van der Waals surface area contributed by atoms with E-state index in [-0.39, 0.29) is 0 Å². The number of methoxy groups -OCH3 is 2. The Balaban J connectivity index is 1.56. The summed E-state index contributed by atoms with van der Waals surface area (Å²) in [6.45, 7) is 0. The molecule has 1 atom stereocenters. The first-order valence-corrected chi connectivity index (χ1v) is 10.4. The molecule has 0 fully saturated rings. The molecule has 0 saturated heterocycles. The number of benzene rings is 4. The molecular formula is C27H26O2. The Morgan fingerprint density at radius 1 is 0.793 bits per heavy atom. The van der Waals surface area contributed by atoms with E-state index < -0.39 is 0 Å². The van der Waals surface area contributed by atoms with Crippen molar-refractivity contribution in [2.45, 2.75) is 31.6 Å². The van der Waals surface area contributed by atoms with Gasteiger partial charge in [-0.2, -0.15) is 0 Å². The smallest absolute Gasteiger partial charge is 0.160 e. The standard InChI is InChI=1S/C27H26O2/c1-28-26-15-10-18(17-27(26)29-2)16-20-7-5-9-23-22(20)13-14-24-21-8-4-3-6-19(21)11-12-25(23)24/h3-4,6,8,10-15,17,20H,5,7,9,16H2,1-2H3. The molecule has 0 bridgehead atoms. The number of rotatable bonds is 4. The van der Waals surface area contributed by atoms with E-state index in [2.05, 4.69) is 60.7 Å². The minimum atomic E-state index is 0.549. The van der Waals surface area contributed by atoms with Gasteiger partial charge in [0.1, 0.15) is 0 Å². The molecular weight excluding hydrogens is 356 g/mol. The van der Waals surface area contributed by atoms with Gasteiger partial charge in [-0.15, -0.1) is 0 Å². The van der Waals surface area contributed by atoms with Gasteiger partial charge in [0.05, 0.1) is 14.2 Å². The van der Waals surface area contributed by atoms with Crippen LogP contribution in [0.1, 0.15) is 35.4 Å². The summed E-state index contributed by atoms with van der Waals surface area (Å²) in [6.07, 6.45) is 4.69. The molecule has 4 aromatic carbocycles. The molecule has 1 aliphatic rings. The first-order valence-electron chi connectivity index (χ1n) is 10.4. The highest BCUT2D eigenvalue weighted by molar-refractivity contribution is 6.08. The van der Waals surface area contributed by atoms with Gasteiger partial charge in [0.25, 0.3) is 0 Å². The number of aryl methyl sites for hydroxylation is 1. The van der Waals surface area contributed by atoms with Crippen LogP contribution in [0.2, 0.25) is 0 Å². The zero-order chi connectivity index (χ0) is 19.8. The van der Waals surface area contributed by atoms with Gasteiger partial charge in [-0.1, -0.05) is 54.6 Å². The zero-order valence-electron chi connectivity index (χ0n) is 17.1. The van der Waals surface area contributed by atoms with E-state index in [1.165, 1.54) is 51.9 Å². The van der Waals surface area contributed by atoms with Crippen molar-refractivity contribution in [1.82, 2.24) is 0 Å². The minimum absolute atomic E-state index is 0.549. The Bertz CT molecular complexity index is 1190. The second-order valence-corrected chi connectivity index (χ2v) is 8.00. The van der Waals surface area contributed by atoms with Crippen molar-refractivity contribution in [3.63, 3.8) is 0 Å². The zero-order valence-corrected chi connectivity index (χ0v) is 17.1. The van der Waals surface area contributed by atoms with Gasteiger partial charge in [0.2, 0.25) is 0 Å². The van der Waals surface area contributed by atoms with E-state index in [4.69, 9.17) is 9.47 Å². The molecule has 0 saturated carbocycles. The molecule has 146 valence electrons. The van der Waals surface area contributed by atoms with Crippen LogP contribution in [-0.2, 0) is 12.8 Å². The van der Waals surface area contributed by atoms with E-state index in [0.717, 1.165) is 17.9 Å². The maximum absolute atomic E-state index is 5.51. The Kier molecular flexibility index (Phi) is 4.63. The third kappa shape index (κ3) is 3.13. The van der Waals surface area contributed by atoms with Crippen molar-refractivity contribution in [2.75, 3.05) is 14.2 Å². The number of hydrogen-bond acceptors (Lipinski definition) is 2. The van der Waals surface area contributed by atoms with Crippen molar-refractivity contribution in [3.8, 4) is 11.5 Å². The molecule has 1 unspecified atom stereocenters. The maximum Gasteiger partial charge on any atom is 0.160 e. The summed E-state index contributed by atoms with van der Waals surface area (Å²) in [7, 11) is 3.39. The predicted octanol–water partition coefficient (Wildman–Crippen LogP) is 6.67. The van der Waals surface area contributed by atoms with E-state index >= 15 is 0 Å². The molecule has 0 radical (unpaired) electrons. The first-order chi connectivity index (χ1) is 14.3. The number of fused-ring (bicyclic) bond motifs is 5. The average molecular weight is 383 g/mol. The van der Waals surface area contributed by atoms with Crippen LogP contribution >= 0.6 is 0 Å². The SMILES string of the molecule is COc1ccc(CC2CCCc3c2ccc2c3ccc3ccccc32)cc1OC. The molecule has 0 aliphatic heterocycles. The van der Waals surface area contributed by atoms with Gasteiger partial charge in [0, 0.05) is 0 Å². The van der Waals surface area contributed by atoms with E-state index in [1.54, 1.807) is 19.8 Å². The Morgan fingerprint density at radius 3 is 2.48 bits per heavy atom. The largest absolute Gasteiger partial charge is 0.493 e. The van der Waals surface area contributed by atoms with Crippen molar-refractivity contribution in [2.24, 2.45) is 0 Å². The summed E-state index contributed by atoms with van der Waals surface area (Å²) in [4.78, 5) is 0. The monoisotopic (exact) mass is 382 g/mol. The molecule has 0 N–H and O–H groups in total. The van der Waals surface area contributed by atoms with Crippen LogP contribution in [0.25, 0.3) is 21.5 Å². The summed E-state index contributed by atoms with van der Waals surface area (Å²) in [5, 5.41) is 5.49. The molecule has 0 aromatic heterocycles.